The first-order valence-corrected chi connectivity index (χ1v) is 13.7. The van der Waals surface area contributed by atoms with Gasteiger partial charge in [-0.15, -0.1) is 11.8 Å². The third-order valence-corrected chi connectivity index (χ3v) is 8.09. The minimum absolute atomic E-state index is 0.190. The summed E-state index contributed by atoms with van der Waals surface area (Å²) in [5.74, 6) is -2.76. The fourth-order valence-electron chi connectivity index (χ4n) is 5.24. The minimum Gasteiger partial charge on any atom is -0.343 e. The van der Waals surface area contributed by atoms with Gasteiger partial charge in [-0.05, 0) is 53.3 Å². The topological polar surface area (TPSA) is 81.6 Å². The van der Waals surface area contributed by atoms with Crippen LogP contribution in [0.2, 0.25) is 0 Å². The number of amides is 1. The number of H-pyrrole nitrogens is 1. The molecule has 0 bridgehead atoms. The van der Waals surface area contributed by atoms with Crippen LogP contribution in [0.25, 0.3) is 22.2 Å². The van der Waals surface area contributed by atoms with Gasteiger partial charge in [0.25, 0.3) is 0 Å². The fourth-order valence-corrected chi connectivity index (χ4v) is 6.10. The SMILES string of the molecule is N#CCNC(=O)C1CC(F)(F)CCC1c1ccccc1-c1ccc(SCCc2nc3ccccc3[nH]2)cc1. The van der Waals surface area contributed by atoms with E-state index >= 15 is 0 Å². The highest BCUT2D eigenvalue weighted by Gasteiger charge is 2.45. The Morgan fingerprint density at radius 3 is 2.66 bits per heavy atom. The Morgan fingerprint density at radius 2 is 1.87 bits per heavy atom. The van der Waals surface area contributed by atoms with E-state index in [0.717, 1.165) is 50.6 Å². The van der Waals surface area contributed by atoms with Gasteiger partial charge in [0.1, 0.15) is 12.4 Å². The average Bonchev–Trinajstić information content (AvgIpc) is 3.35. The molecule has 1 aliphatic rings. The zero-order valence-electron chi connectivity index (χ0n) is 20.8. The van der Waals surface area contributed by atoms with E-state index in [1.807, 2.05) is 66.7 Å². The fraction of sp³-hybridized carbons (Fsp3) is 0.300. The summed E-state index contributed by atoms with van der Waals surface area (Å²) in [5.41, 5.74) is 4.84. The molecule has 0 radical (unpaired) electrons. The summed E-state index contributed by atoms with van der Waals surface area (Å²) < 4.78 is 28.6. The van der Waals surface area contributed by atoms with Crippen molar-refractivity contribution in [2.24, 2.45) is 5.92 Å². The van der Waals surface area contributed by atoms with Crippen LogP contribution >= 0.6 is 11.8 Å². The van der Waals surface area contributed by atoms with Crippen LogP contribution < -0.4 is 5.32 Å². The molecule has 2 atom stereocenters. The summed E-state index contributed by atoms with van der Waals surface area (Å²) in [5, 5.41) is 11.3. The van der Waals surface area contributed by atoms with Crippen LogP contribution in [0.3, 0.4) is 0 Å². The zero-order valence-corrected chi connectivity index (χ0v) is 21.6. The van der Waals surface area contributed by atoms with Gasteiger partial charge in [-0.1, -0.05) is 48.5 Å². The Balaban J connectivity index is 1.30. The van der Waals surface area contributed by atoms with Gasteiger partial charge in [-0.25, -0.2) is 13.8 Å². The second-order valence-electron chi connectivity index (χ2n) is 9.60. The molecule has 1 fully saturated rings. The van der Waals surface area contributed by atoms with Crippen molar-refractivity contribution in [1.82, 2.24) is 15.3 Å². The summed E-state index contributed by atoms with van der Waals surface area (Å²) >= 11 is 1.75. The number of aromatic nitrogens is 2. The minimum atomic E-state index is -2.89. The molecule has 1 aliphatic carbocycles. The van der Waals surface area contributed by atoms with Gasteiger partial charge in [-0.2, -0.15) is 5.26 Å². The number of thioether (sulfide) groups is 1. The van der Waals surface area contributed by atoms with Crippen LogP contribution in [0.5, 0.6) is 0 Å². The van der Waals surface area contributed by atoms with E-state index in [0.29, 0.717) is 0 Å². The van der Waals surface area contributed by atoms with Crippen molar-refractivity contribution in [3.8, 4) is 17.2 Å². The highest BCUT2D eigenvalue weighted by atomic mass is 32.2. The van der Waals surface area contributed by atoms with Gasteiger partial charge < -0.3 is 10.3 Å². The summed E-state index contributed by atoms with van der Waals surface area (Å²) in [4.78, 5) is 21.9. The van der Waals surface area contributed by atoms with Crippen LogP contribution in [-0.4, -0.2) is 34.1 Å². The van der Waals surface area contributed by atoms with E-state index in [4.69, 9.17) is 5.26 Å². The van der Waals surface area contributed by atoms with E-state index < -0.39 is 24.2 Å². The number of alkyl halides is 2. The first-order chi connectivity index (χ1) is 18.4. The van der Waals surface area contributed by atoms with Crippen molar-refractivity contribution in [2.75, 3.05) is 12.3 Å². The Kier molecular flexibility index (Phi) is 7.75. The number of fused-ring (bicyclic) bond motifs is 1. The smallest absolute Gasteiger partial charge is 0.249 e. The number of nitriles is 1. The van der Waals surface area contributed by atoms with E-state index in [9.17, 15) is 13.6 Å². The molecule has 1 amide bonds. The lowest BCUT2D eigenvalue weighted by atomic mass is 9.72. The van der Waals surface area contributed by atoms with E-state index in [-0.39, 0.29) is 25.3 Å². The number of aromatic amines is 1. The third kappa shape index (κ3) is 5.89. The molecule has 194 valence electrons. The quantitative estimate of drug-likeness (QED) is 0.196. The van der Waals surface area contributed by atoms with Crippen LogP contribution in [0, 0.1) is 17.2 Å². The van der Waals surface area contributed by atoms with Gasteiger partial charge in [0, 0.05) is 29.9 Å². The zero-order chi connectivity index (χ0) is 26.5. The lowest BCUT2D eigenvalue weighted by molar-refractivity contribution is -0.133. The Bertz CT molecular complexity index is 1430. The lowest BCUT2D eigenvalue weighted by Crippen LogP contribution is -2.41. The molecule has 0 spiro atoms. The number of carbonyl (C=O) groups excluding carboxylic acids is 1. The molecular weight excluding hydrogens is 502 g/mol. The van der Waals surface area contributed by atoms with Crippen molar-refractivity contribution >= 4 is 28.7 Å². The molecule has 0 saturated heterocycles. The maximum atomic E-state index is 14.3. The molecule has 38 heavy (non-hydrogen) atoms. The predicted molar refractivity (Wildman–Crippen MR) is 146 cm³/mol. The third-order valence-electron chi connectivity index (χ3n) is 7.08. The van der Waals surface area contributed by atoms with Gasteiger partial charge in [0.2, 0.25) is 11.8 Å². The number of halogens is 2. The number of para-hydroxylation sites is 2. The van der Waals surface area contributed by atoms with Crippen molar-refractivity contribution in [3.63, 3.8) is 0 Å². The van der Waals surface area contributed by atoms with Crippen LogP contribution in [0.15, 0.2) is 77.7 Å². The first kappa shape index (κ1) is 25.9. The molecule has 5 nitrogen and oxygen atoms in total. The maximum Gasteiger partial charge on any atom is 0.249 e. The Labute approximate surface area is 224 Å². The number of carbonyl (C=O) groups is 1. The summed E-state index contributed by atoms with van der Waals surface area (Å²) in [6, 6.07) is 25.8. The van der Waals surface area contributed by atoms with E-state index in [1.165, 1.54) is 0 Å². The van der Waals surface area contributed by atoms with Crippen molar-refractivity contribution in [3.05, 3.63) is 84.2 Å². The Hall–Kier alpha value is -3.70. The second-order valence-corrected chi connectivity index (χ2v) is 10.8. The summed E-state index contributed by atoms with van der Waals surface area (Å²) in [6.07, 6.45) is 0.273. The number of nitrogens with zero attached hydrogens (tertiary/aromatic N) is 2. The monoisotopic (exact) mass is 530 g/mol. The number of hydrogen-bond donors (Lipinski definition) is 2. The molecule has 8 heteroatoms. The molecule has 0 aliphatic heterocycles. The average molecular weight is 531 g/mol. The standard InChI is InChI=1S/C30H28F2N4OS/c31-30(32)15-13-24(25(19-30)29(37)34-17-16-33)23-6-2-1-5-22(23)20-9-11-21(12-10-20)38-18-14-28-35-26-7-3-4-8-27(26)36-28/h1-12,24-25H,13-15,17-19H2,(H,34,37)(H,35,36). The number of imidazole rings is 1. The highest BCUT2D eigenvalue weighted by Crippen LogP contribution is 2.47. The lowest BCUT2D eigenvalue weighted by Gasteiger charge is -2.36. The second kappa shape index (κ2) is 11.4. The number of benzene rings is 3. The number of rotatable bonds is 8. The molecule has 3 aromatic carbocycles. The van der Waals surface area contributed by atoms with Crippen LogP contribution in [-0.2, 0) is 11.2 Å². The van der Waals surface area contributed by atoms with Gasteiger partial charge in [-0.3, -0.25) is 4.79 Å². The Morgan fingerprint density at radius 1 is 1.11 bits per heavy atom. The molecule has 2 unspecified atom stereocenters. The van der Waals surface area contributed by atoms with E-state index in [2.05, 4.69) is 27.4 Å². The molecule has 1 aromatic heterocycles. The van der Waals surface area contributed by atoms with E-state index in [1.54, 1.807) is 11.8 Å². The maximum absolute atomic E-state index is 14.3. The normalized spacial score (nSPS) is 18.7. The molecular formula is C30H28F2N4OS. The first-order valence-electron chi connectivity index (χ1n) is 12.7. The van der Waals surface area contributed by atoms with Crippen molar-refractivity contribution in [1.29, 1.82) is 5.26 Å². The van der Waals surface area contributed by atoms with Crippen molar-refractivity contribution < 1.29 is 13.6 Å². The van der Waals surface area contributed by atoms with Gasteiger partial charge in [0.15, 0.2) is 0 Å². The summed E-state index contributed by atoms with van der Waals surface area (Å²) in [7, 11) is 0. The van der Waals surface area contributed by atoms with Gasteiger partial charge >= 0.3 is 0 Å². The molecule has 2 N–H and O–H groups in total. The highest BCUT2D eigenvalue weighted by molar-refractivity contribution is 7.99. The largest absolute Gasteiger partial charge is 0.343 e. The van der Waals surface area contributed by atoms with Crippen LogP contribution in [0.1, 0.15) is 36.6 Å². The van der Waals surface area contributed by atoms with Gasteiger partial charge in [0.05, 0.1) is 23.0 Å². The molecule has 4 aromatic rings. The molecule has 1 heterocycles. The number of aryl methyl sites for hydroxylation is 1. The number of nitrogens with one attached hydrogen (secondary N) is 2. The molecule has 1 saturated carbocycles. The predicted octanol–water partition coefficient (Wildman–Crippen LogP) is 6.72. The molecule has 5 rings (SSSR count). The number of hydrogen-bond acceptors (Lipinski definition) is 4. The van der Waals surface area contributed by atoms with Crippen LogP contribution in [0.4, 0.5) is 8.78 Å². The summed E-state index contributed by atoms with van der Waals surface area (Å²) in [6.45, 7) is -0.190. The van der Waals surface area contributed by atoms with Crippen molar-refractivity contribution in [2.45, 2.75) is 42.4 Å².